The van der Waals surface area contributed by atoms with Crippen molar-refractivity contribution >= 4 is 11.6 Å². The predicted octanol–water partition coefficient (Wildman–Crippen LogP) is 5.74. The highest BCUT2D eigenvalue weighted by molar-refractivity contribution is 5.72. The van der Waals surface area contributed by atoms with Gasteiger partial charge in [0, 0.05) is 23.7 Å². The molecular formula is C25H33N5O3. The number of hydrogen-bond acceptors (Lipinski definition) is 8. The Morgan fingerprint density at radius 2 is 1.64 bits per heavy atom. The van der Waals surface area contributed by atoms with Crippen LogP contribution in [0.4, 0.5) is 11.6 Å². The van der Waals surface area contributed by atoms with E-state index in [-0.39, 0.29) is 6.01 Å². The third-order valence-corrected chi connectivity index (χ3v) is 4.13. The zero-order valence-corrected chi connectivity index (χ0v) is 20.7. The van der Waals surface area contributed by atoms with Gasteiger partial charge in [-0.2, -0.15) is 4.98 Å². The molecule has 176 valence electrons. The molecule has 0 radical (unpaired) electrons. The van der Waals surface area contributed by atoms with Crippen molar-refractivity contribution in [2.24, 2.45) is 0 Å². The fourth-order valence-electron chi connectivity index (χ4n) is 2.93. The Hall–Kier alpha value is -3.42. The molecule has 3 rings (SSSR count). The number of aromatic nitrogens is 4. The summed E-state index contributed by atoms with van der Waals surface area (Å²) in [4.78, 5) is 18.0. The highest BCUT2D eigenvalue weighted by atomic mass is 16.5. The van der Waals surface area contributed by atoms with Gasteiger partial charge in [-0.25, -0.2) is 15.0 Å². The van der Waals surface area contributed by atoms with Crippen LogP contribution in [0, 0.1) is 6.92 Å². The number of rotatable bonds is 7. The summed E-state index contributed by atoms with van der Waals surface area (Å²) in [5.74, 6) is 2.28. The Morgan fingerprint density at radius 1 is 0.909 bits per heavy atom. The summed E-state index contributed by atoms with van der Waals surface area (Å²) < 4.78 is 17.9. The Balaban J connectivity index is 2.02. The molecule has 0 saturated heterocycles. The second-order valence-electron chi connectivity index (χ2n) is 9.59. The average Bonchev–Trinajstić information content (AvgIpc) is 2.67. The highest BCUT2D eigenvalue weighted by Gasteiger charge is 2.22. The molecule has 8 heteroatoms. The van der Waals surface area contributed by atoms with Crippen molar-refractivity contribution in [3.05, 3.63) is 42.4 Å². The van der Waals surface area contributed by atoms with Crippen LogP contribution in [-0.2, 0) is 0 Å². The standard InChI is InChI=1S/C25H33N5O3/c1-9-31-19-13-17(14-26-21(19)29-20-12-10-11-16(2)28-20)18-15-27-23(33-25(6,7)8)30-22(18)32-24(3,4)5/h10-15H,9H2,1-8H3,(H,26,28,29). The third kappa shape index (κ3) is 7.03. The van der Waals surface area contributed by atoms with Gasteiger partial charge < -0.3 is 19.5 Å². The molecule has 0 amide bonds. The molecule has 0 aliphatic heterocycles. The lowest BCUT2D eigenvalue weighted by molar-refractivity contribution is 0.103. The van der Waals surface area contributed by atoms with E-state index < -0.39 is 11.2 Å². The normalized spacial score (nSPS) is 11.8. The van der Waals surface area contributed by atoms with Gasteiger partial charge in [0.2, 0.25) is 5.88 Å². The second kappa shape index (κ2) is 9.60. The summed E-state index contributed by atoms with van der Waals surface area (Å²) in [6, 6.07) is 7.92. The molecule has 0 fully saturated rings. The van der Waals surface area contributed by atoms with Gasteiger partial charge in [-0.3, -0.25) is 0 Å². The minimum Gasteiger partial charge on any atom is -0.490 e. The van der Waals surface area contributed by atoms with Crippen molar-refractivity contribution in [3.8, 4) is 28.8 Å². The average molecular weight is 452 g/mol. The van der Waals surface area contributed by atoms with E-state index in [1.165, 1.54) is 0 Å². The van der Waals surface area contributed by atoms with E-state index in [1.807, 2.05) is 79.7 Å². The van der Waals surface area contributed by atoms with Crippen LogP contribution in [0.2, 0.25) is 0 Å². The molecule has 0 aliphatic carbocycles. The van der Waals surface area contributed by atoms with Gasteiger partial charge in [0.15, 0.2) is 11.6 Å². The van der Waals surface area contributed by atoms with Gasteiger partial charge in [0.25, 0.3) is 0 Å². The quantitative estimate of drug-likeness (QED) is 0.486. The van der Waals surface area contributed by atoms with Gasteiger partial charge in [-0.1, -0.05) is 6.07 Å². The van der Waals surface area contributed by atoms with Crippen molar-refractivity contribution in [2.75, 3.05) is 11.9 Å². The number of nitrogens with one attached hydrogen (secondary N) is 1. The molecular weight excluding hydrogens is 418 g/mol. The monoisotopic (exact) mass is 451 g/mol. The molecule has 3 aromatic heterocycles. The summed E-state index contributed by atoms with van der Waals surface area (Å²) in [6.45, 7) is 16.1. The number of aryl methyl sites for hydroxylation is 1. The molecule has 33 heavy (non-hydrogen) atoms. The Bertz CT molecular complexity index is 1100. The zero-order chi connectivity index (χ0) is 24.2. The molecule has 0 aliphatic rings. The van der Waals surface area contributed by atoms with Crippen LogP contribution in [0.15, 0.2) is 36.7 Å². The fraction of sp³-hybridized carbons (Fsp3) is 0.440. The van der Waals surface area contributed by atoms with Gasteiger partial charge in [-0.05, 0) is 73.6 Å². The first-order valence-electron chi connectivity index (χ1n) is 11.0. The molecule has 3 aromatic rings. The lowest BCUT2D eigenvalue weighted by atomic mass is 10.1. The van der Waals surface area contributed by atoms with Crippen molar-refractivity contribution in [1.29, 1.82) is 0 Å². The van der Waals surface area contributed by atoms with E-state index >= 15 is 0 Å². The third-order valence-electron chi connectivity index (χ3n) is 4.13. The lowest BCUT2D eigenvalue weighted by Crippen LogP contribution is -2.26. The number of hydrogen-bond donors (Lipinski definition) is 1. The van der Waals surface area contributed by atoms with Gasteiger partial charge in [0.05, 0.1) is 12.2 Å². The van der Waals surface area contributed by atoms with Gasteiger partial charge in [0.1, 0.15) is 17.0 Å². The Labute approximate surface area is 195 Å². The highest BCUT2D eigenvalue weighted by Crippen LogP contribution is 2.36. The first-order valence-corrected chi connectivity index (χ1v) is 11.0. The molecule has 3 heterocycles. The maximum absolute atomic E-state index is 6.16. The summed E-state index contributed by atoms with van der Waals surface area (Å²) in [6.07, 6.45) is 3.43. The number of ether oxygens (including phenoxy) is 3. The largest absolute Gasteiger partial charge is 0.490 e. The molecule has 0 spiro atoms. The van der Waals surface area contributed by atoms with Crippen LogP contribution < -0.4 is 19.5 Å². The van der Waals surface area contributed by atoms with E-state index in [1.54, 1.807) is 12.4 Å². The number of anilines is 2. The summed E-state index contributed by atoms with van der Waals surface area (Å²) in [5, 5.41) is 3.23. The van der Waals surface area contributed by atoms with Gasteiger partial charge in [-0.15, -0.1) is 0 Å². The van der Waals surface area contributed by atoms with E-state index in [4.69, 9.17) is 14.2 Å². The SMILES string of the molecule is CCOc1cc(-c2cnc(OC(C)(C)C)nc2OC(C)(C)C)cnc1Nc1cccc(C)n1. The number of nitrogens with zero attached hydrogens (tertiary/aromatic N) is 4. The maximum atomic E-state index is 6.16. The second-order valence-corrected chi connectivity index (χ2v) is 9.59. The van der Waals surface area contributed by atoms with Crippen molar-refractivity contribution in [3.63, 3.8) is 0 Å². The minimum absolute atomic E-state index is 0.257. The number of pyridine rings is 2. The van der Waals surface area contributed by atoms with Crippen molar-refractivity contribution in [1.82, 2.24) is 19.9 Å². The van der Waals surface area contributed by atoms with E-state index in [0.29, 0.717) is 35.4 Å². The van der Waals surface area contributed by atoms with E-state index in [0.717, 1.165) is 11.3 Å². The topological polar surface area (TPSA) is 91.3 Å². The van der Waals surface area contributed by atoms with Crippen molar-refractivity contribution in [2.45, 2.75) is 66.6 Å². The molecule has 1 N–H and O–H groups in total. The summed E-state index contributed by atoms with van der Waals surface area (Å²) >= 11 is 0. The van der Waals surface area contributed by atoms with Crippen LogP contribution in [0.25, 0.3) is 11.1 Å². The van der Waals surface area contributed by atoms with Gasteiger partial charge >= 0.3 is 6.01 Å². The van der Waals surface area contributed by atoms with Crippen LogP contribution in [0.3, 0.4) is 0 Å². The summed E-state index contributed by atoms with van der Waals surface area (Å²) in [5.41, 5.74) is 1.48. The van der Waals surface area contributed by atoms with E-state index in [9.17, 15) is 0 Å². The first-order chi connectivity index (χ1) is 15.4. The molecule has 8 nitrogen and oxygen atoms in total. The lowest BCUT2D eigenvalue weighted by Gasteiger charge is -2.24. The molecule has 0 atom stereocenters. The smallest absolute Gasteiger partial charge is 0.320 e. The van der Waals surface area contributed by atoms with Crippen LogP contribution in [0.1, 0.15) is 54.2 Å². The molecule has 0 bridgehead atoms. The Morgan fingerprint density at radius 3 is 2.27 bits per heavy atom. The van der Waals surface area contributed by atoms with Crippen molar-refractivity contribution < 1.29 is 14.2 Å². The summed E-state index contributed by atoms with van der Waals surface area (Å²) in [7, 11) is 0. The maximum Gasteiger partial charge on any atom is 0.320 e. The molecule has 0 unspecified atom stereocenters. The molecule has 0 aromatic carbocycles. The first kappa shape index (κ1) is 24.2. The van der Waals surface area contributed by atoms with Crippen LogP contribution in [-0.4, -0.2) is 37.7 Å². The minimum atomic E-state index is -0.462. The van der Waals surface area contributed by atoms with E-state index in [2.05, 4.69) is 25.3 Å². The zero-order valence-electron chi connectivity index (χ0n) is 20.7. The Kier molecular flexibility index (Phi) is 7.05. The predicted molar refractivity (Wildman–Crippen MR) is 129 cm³/mol. The molecule has 0 saturated carbocycles. The van der Waals surface area contributed by atoms with Crippen LogP contribution >= 0.6 is 0 Å². The fourth-order valence-corrected chi connectivity index (χ4v) is 2.93. The van der Waals surface area contributed by atoms with Crippen LogP contribution in [0.5, 0.6) is 17.6 Å².